The zero-order chi connectivity index (χ0) is 16.4. The van der Waals surface area contributed by atoms with Crippen LogP contribution in [0.15, 0.2) is 48.0 Å². The van der Waals surface area contributed by atoms with Gasteiger partial charge < -0.3 is 9.47 Å². The number of hydrogen-bond acceptors (Lipinski definition) is 4. The van der Waals surface area contributed by atoms with Crippen molar-refractivity contribution in [1.82, 2.24) is 0 Å². The smallest absolute Gasteiger partial charge is 0.197 e. The lowest BCUT2D eigenvalue weighted by atomic mass is 10.1. The second-order valence-corrected chi connectivity index (χ2v) is 5.11. The number of ether oxygens (including phenoxy) is 2. The molecule has 0 spiro atoms. The van der Waals surface area contributed by atoms with Crippen LogP contribution < -0.4 is 9.47 Å². The molecular weight excluding hydrogens is 292 g/mol. The standard InChI is InChI=1S/C19H16O4/c1-3-23-16-9-8-12(11-17(16)22-2)10-15-18(20)13-6-4-5-7-14(13)19(15)21/h4-11H,3H2,1-2H3. The summed E-state index contributed by atoms with van der Waals surface area (Å²) in [5.74, 6) is 0.720. The summed E-state index contributed by atoms with van der Waals surface area (Å²) in [4.78, 5) is 24.8. The lowest BCUT2D eigenvalue weighted by molar-refractivity contribution is 0.0990. The molecule has 4 nitrogen and oxygen atoms in total. The highest BCUT2D eigenvalue weighted by Crippen LogP contribution is 2.31. The molecule has 0 bridgehead atoms. The molecule has 0 fully saturated rings. The summed E-state index contributed by atoms with van der Waals surface area (Å²) in [6.45, 7) is 2.42. The third-order valence-corrected chi connectivity index (χ3v) is 3.70. The van der Waals surface area contributed by atoms with Crippen LogP contribution in [0.25, 0.3) is 6.08 Å². The molecule has 1 aliphatic carbocycles. The fourth-order valence-corrected chi connectivity index (χ4v) is 2.62. The first-order chi connectivity index (χ1) is 11.2. The second kappa shape index (κ2) is 6.08. The molecule has 4 heteroatoms. The highest BCUT2D eigenvalue weighted by atomic mass is 16.5. The van der Waals surface area contributed by atoms with Crippen molar-refractivity contribution in [3.05, 3.63) is 64.7 Å². The topological polar surface area (TPSA) is 52.6 Å². The van der Waals surface area contributed by atoms with E-state index in [1.807, 2.05) is 6.92 Å². The fourth-order valence-electron chi connectivity index (χ4n) is 2.62. The van der Waals surface area contributed by atoms with E-state index in [2.05, 4.69) is 0 Å². The van der Waals surface area contributed by atoms with Crippen LogP contribution in [0.5, 0.6) is 11.5 Å². The van der Waals surface area contributed by atoms with Gasteiger partial charge in [-0.05, 0) is 30.7 Å². The molecule has 116 valence electrons. The van der Waals surface area contributed by atoms with Gasteiger partial charge in [-0.15, -0.1) is 0 Å². The lowest BCUT2D eigenvalue weighted by Gasteiger charge is -2.09. The molecule has 0 heterocycles. The monoisotopic (exact) mass is 308 g/mol. The quantitative estimate of drug-likeness (QED) is 0.640. The van der Waals surface area contributed by atoms with Crippen LogP contribution in [0.3, 0.4) is 0 Å². The molecular formula is C19H16O4. The summed E-state index contributed by atoms with van der Waals surface area (Å²) < 4.78 is 10.8. The second-order valence-electron chi connectivity index (χ2n) is 5.11. The van der Waals surface area contributed by atoms with E-state index in [-0.39, 0.29) is 17.1 Å². The Morgan fingerprint density at radius 1 is 0.957 bits per heavy atom. The van der Waals surface area contributed by atoms with Crippen molar-refractivity contribution in [2.75, 3.05) is 13.7 Å². The fraction of sp³-hybridized carbons (Fsp3) is 0.158. The summed E-state index contributed by atoms with van der Waals surface area (Å²) >= 11 is 0. The van der Waals surface area contributed by atoms with Crippen LogP contribution in [0.4, 0.5) is 0 Å². The van der Waals surface area contributed by atoms with Crippen LogP contribution in [0.1, 0.15) is 33.2 Å². The van der Waals surface area contributed by atoms with Gasteiger partial charge in [0.05, 0.1) is 19.3 Å². The summed E-state index contributed by atoms with van der Waals surface area (Å²) in [6, 6.07) is 12.2. The number of methoxy groups -OCH3 is 1. The SMILES string of the molecule is CCOc1ccc(C=C2C(=O)c3ccccc3C2=O)cc1OC. The molecule has 3 rings (SSSR count). The van der Waals surface area contributed by atoms with Gasteiger partial charge in [-0.25, -0.2) is 0 Å². The van der Waals surface area contributed by atoms with Gasteiger partial charge in [-0.2, -0.15) is 0 Å². The maximum atomic E-state index is 12.4. The van der Waals surface area contributed by atoms with Crippen molar-refractivity contribution < 1.29 is 19.1 Å². The lowest BCUT2D eigenvalue weighted by Crippen LogP contribution is -2.00. The molecule has 0 unspecified atom stereocenters. The molecule has 2 aromatic carbocycles. The third-order valence-electron chi connectivity index (χ3n) is 3.70. The molecule has 0 atom stereocenters. The number of ketones is 2. The van der Waals surface area contributed by atoms with Gasteiger partial charge in [0.25, 0.3) is 0 Å². The summed E-state index contributed by atoms with van der Waals surface area (Å²) in [7, 11) is 1.55. The van der Waals surface area contributed by atoms with E-state index in [1.165, 1.54) is 0 Å². The van der Waals surface area contributed by atoms with Gasteiger partial charge in [0, 0.05) is 11.1 Å². The number of rotatable bonds is 4. The number of fused-ring (bicyclic) bond motifs is 1. The minimum Gasteiger partial charge on any atom is -0.493 e. The zero-order valence-corrected chi connectivity index (χ0v) is 13.0. The number of hydrogen-bond donors (Lipinski definition) is 0. The summed E-state index contributed by atoms with van der Waals surface area (Å²) in [5.41, 5.74) is 1.82. The molecule has 0 amide bonds. The largest absolute Gasteiger partial charge is 0.493 e. The Balaban J connectivity index is 2.00. The van der Waals surface area contributed by atoms with Crippen LogP contribution >= 0.6 is 0 Å². The molecule has 1 aliphatic rings. The molecule has 0 saturated carbocycles. The first kappa shape index (κ1) is 15.0. The predicted molar refractivity (Wildman–Crippen MR) is 87.2 cm³/mol. The van der Waals surface area contributed by atoms with Crippen LogP contribution in [-0.2, 0) is 0 Å². The van der Waals surface area contributed by atoms with Crippen molar-refractivity contribution >= 4 is 17.6 Å². The van der Waals surface area contributed by atoms with Gasteiger partial charge in [0.15, 0.2) is 23.1 Å². The van der Waals surface area contributed by atoms with E-state index < -0.39 is 0 Å². The molecule has 0 aromatic heterocycles. The van der Waals surface area contributed by atoms with Crippen molar-refractivity contribution in [3.8, 4) is 11.5 Å². The van der Waals surface area contributed by atoms with Gasteiger partial charge >= 0.3 is 0 Å². The molecule has 2 aromatic rings. The highest BCUT2D eigenvalue weighted by molar-refractivity contribution is 6.41. The number of benzene rings is 2. The van der Waals surface area contributed by atoms with E-state index in [1.54, 1.807) is 55.7 Å². The highest BCUT2D eigenvalue weighted by Gasteiger charge is 2.32. The minimum atomic E-state index is -0.238. The molecule has 0 N–H and O–H groups in total. The van der Waals surface area contributed by atoms with E-state index in [9.17, 15) is 9.59 Å². The van der Waals surface area contributed by atoms with Crippen LogP contribution in [0, 0.1) is 0 Å². The summed E-state index contributed by atoms with van der Waals surface area (Å²) in [5, 5.41) is 0. The van der Waals surface area contributed by atoms with E-state index >= 15 is 0 Å². The van der Waals surface area contributed by atoms with Gasteiger partial charge in [-0.3, -0.25) is 9.59 Å². The average molecular weight is 308 g/mol. The van der Waals surface area contributed by atoms with Crippen LogP contribution in [0.2, 0.25) is 0 Å². The van der Waals surface area contributed by atoms with Gasteiger partial charge in [0.2, 0.25) is 0 Å². The number of carbonyl (C=O) groups is 2. The average Bonchev–Trinajstić information content (AvgIpc) is 2.82. The van der Waals surface area contributed by atoms with E-state index in [4.69, 9.17) is 9.47 Å². The van der Waals surface area contributed by atoms with Crippen LogP contribution in [-0.4, -0.2) is 25.3 Å². The van der Waals surface area contributed by atoms with Crippen molar-refractivity contribution in [1.29, 1.82) is 0 Å². The van der Waals surface area contributed by atoms with E-state index in [0.29, 0.717) is 29.2 Å². The maximum Gasteiger partial charge on any atom is 0.197 e. The Hall–Kier alpha value is -2.88. The molecule has 0 aliphatic heterocycles. The Labute approximate surface area is 134 Å². The molecule has 0 saturated heterocycles. The number of Topliss-reactive ketones (excluding diaryl/α,β-unsaturated/α-hetero) is 2. The van der Waals surface area contributed by atoms with Gasteiger partial charge in [0.1, 0.15) is 0 Å². The van der Waals surface area contributed by atoms with Crippen molar-refractivity contribution in [2.45, 2.75) is 6.92 Å². The van der Waals surface area contributed by atoms with Crippen molar-refractivity contribution in [3.63, 3.8) is 0 Å². The Kier molecular flexibility index (Phi) is 3.98. The Morgan fingerprint density at radius 3 is 2.17 bits per heavy atom. The first-order valence-electron chi connectivity index (χ1n) is 7.36. The first-order valence-corrected chi connectivity index (χ1v) is 7.36. The summed E-state index contributed by atoms with van der Waals surface area (Å²) in [6.07, 6.45) is 1.60. The molecule has 23 heavy (non-hydrogen) atoms. The Morgan fingerprint density at radius 2 is 1.61 bits per heavy atom. The number of carbonyl (C=O) groups excluding carboxylic acids is 2. The number of allylic oxidation sites excluding steroid dienone is 1. The van der Waals surface area contributed by atoms with Gasteiger partial charge in [-0.1, -0.05) is 30.3 Å². The zero-order valence-electron chi connectivity index (χ0n) is 13.0. The maximum absolute atomic E-state index is 12.4. The normalized spacial score (nSPS) is 13.0. The predicted octanol–water partition coefficient (Wildman–Crippen LogP) is 3.56. The minimum absolute atomic E-state index is 0.178. The molecule has 0 radical (unpaired) electrons. The van der Waals surface area contributed by atoms with Crippen molar-refractivity contribution in [2.24, 2.45) is 0 Å². The third kappa shape index (κ3) is 2.63. The van der Waals surface area contributed by atoms with E-state index in [0.717, 1.165) is 5.56 Å². The Bertz CT molecular complexity index is 781.